The van der Waals surface area contributed by atoms with E-state index in [2.05, 4.69) is 27.1 Å². The van der Waals surface area contributed by atoms with E-state index >= 15 is 0 Å². The number of nitrogens with one attached hydrogen (secondary N) is 1. The second-order valence-corrected chi connectivity index (χ2v) is 5.06. The van der Waals surface area contributed by atoms with E-state index < -0.39 is 0 Å². The molecule has 0 spiro atoms. The summed E-state index contributed by atoms with van der Waals surface area (Å²) in [5, 5.41) is 3.34. The van der Waals surface area contributed by atoms with Gasteiger partial charge in [-0.2, -0.15) is 4.98 Å². The van der Waals surface area contributed by atoms with Crippen LogP contribution in [0.2, 0.25) is 0 Å². The van der Waals surface area contributed by atoms with Gasteiger partial charge < -0.3 is 15.0 Å². The summed E-state index contributed by atoms with van der Waals surface area (Å²) >= 11 is 0. The van der Waals surface area contributed by atoms with Crippen molar-refractivity contribution in [3.8, 4) is 5.88 Å². The van der Waals surface area contributed by atoms with Crippen LogP contribution in [0.1, 0.15) is 33.1 Å². The van der Waals surface area contributed by atoms with Crippen LogP contribution >= 0.6 is 0 Å². The van der Waals surface area contributed by atoms with Crippen LogP contribution in [0.5, 0.6) is 5.88 Å². The lowest BCUT2D eigenvalue weighted by molar-refractivity contribution is 0.223. The fourth-order valence-corrected chi connectivity index (χ4v) is 2.44. The van der Waals surface area contributed by atoms with Crippen LogP contribution in [0.15, 0.2) is 12.3 Å². The topological polar surface area (TPSA) is 50.3 Å². The molecule has 0 saturated carbocycles. The Bertz CT molecular complexity index is 379. The maximum atomic E-state index is 5.38. The van der Waals surface area contributed by atoms with Crippen molar-refractivity contribution in [2.24, 2.45) is 0 Å². The SMILES string of the molecule is CCOc1ccnc(NC(C)CN2CCCCC2)n1. The first-order valence-corrected chi connectivity index (χ1v) is 7.22. The molecule has 1 N–H and O–H groups in total. The second kappa shape index (κ2) is 7.28. The average Bonchev–Trinajstić information content (AvgIpc) is 2.40. The number of aromatic nitrogens is 2. The largest absolute Gasteiger partial charge is 0.478 e. The van der Waals surface area contributed by atoms with E-state index in [1.807, 2.05) is 6.92 Å². The van der Waals surface area contributed by atoms with Gasteiger partial charge in [-0.25, -0.2) is 4.98 Å². The Morgan fingerprint density at radius 2 is 2.16 bits per heavy atom. The van der Waals surface area contributed by atoms with Crippen molar-refractivity contribution in [3.05, 3.63) is 12.3 Å². The van der Waals surface area contributed by atoms with Gasteiger partial charge in [0, 0.05) is 24.8 Å². The zero-order valence-electron chi connectivity index (χ0n) is 11.9. The molecule has 106 valence electrons. The smallest absolute Gasteiger partial charge is 0.226 e. The average molecular weight is 264 g/mol. The summed E-state index contributed by atoms with van der Waals surface area (Å²) in [5.74, 6) is 1.28. The van der Waals surface area contributed by atoms with Gasteiger partial charge in [0.15, 0.2) is 0 Å². The number of hydrogen-bond donors (Lipinski definition) is 1. The number of piperidine rings is 1. The van der Waals surface area contributed by atoms with Crippen molar-refractivity contribution < 1.29 is 4.74 Å². The van der Waals surface area contributed by atoms with E-state index in [-0.39, 0.29) is 0 Å². The van der Waals surface area contributed by atoms with Crippen LogP contribution < -0.4 is 10.1 Å². The lowest BCUT2D eigenvalue weighted by atomic mass is 10.1. The van der Waals surface area contributed by atoms with Gasteiger partial charge in [0.05, 0.1) is 6.61 Å². The standard InChI is InChI=1S/C14H24N4O/c1-3-19-13-7-8-15-14(17-13)16-12(2)11-18-9-5-4-6-10-18/h7-8,12H,3-6,9-11H2,1-2H3,(H,15,16,17). The highest BCUT2D eigenvalue weighted by Gasteiger charge is 2.14. The molecular formula is C14H24N4O. The number of nitrogens with zero attached hydrogens (tertiary/aromatic N) is 3. The number of ether oxygens (including phenoxy) is 1. The first-order valence-electron chi connectivity index (χ1n) is 7.22. The van der Waals surface area contributed by atoms with E-state index in [1.165, 1.54) is 32.4 Å². The first-order chi connectivity index (χ1) is 9.28. The molecule has 1 aliphatic rings. The molecule has 0 aromatic carbocycles. The molecule has 5 heteroatoms. The molecule has 1 saturated heterocycles. The molecule has 1 aliphatic heterocycles. The highest BCUT2D eigenvalue weighted by Crippen LogP contribution is 2.12. The van der Waals surface area contributed by atoms with Gasteiger partial charge in [-0.05, 0) is 39.8 Å². The van der Waals surface area contributed by atoms with Crippen LogP contribution in [0, 0.1) is 0 Å². The molecule has 2 rings (SSSR count). The van der Waals surface area contributed by atoms with E-state index in [0.29, 0.717) is 24.5 Å². The van der Waals surface area contributed by atoms with Crippen molar-refractivity contribution in [2.45, 2.75) is 39.2 Å². The molecule has 1 aromatic heterocycles. The monoisotopic (exact) mass is 264 g/mol. The maximum absolute atomic E-state index is 5.38. The molecule has 19 heavy (non-hydrogen) atoms. The Hall–Kier alpha value is -1.36. The Balaban J connectivity index is 1.83. The van der Waals surface area contributed by atoms with E-state index in [4.69, 9.17) is 4.74 Å². The van der Waals surface area contributed by atoms with Gasteiger partial charge >= 0.3 is 0 Å². The van der Waals surface area contributed by atoms with Crippen LogP contribution in [0.25, 0.3) is 0 Å². The van der Waals surface area contributed by atoms with Crippen molar-refractivity contribution >= 4 is 5.95 Å². The molecule has 2 heterocycles. The van der Waals surface area contributed by atoms with E-state index in [9.17, 15) is 0 Å². The molecule has 5 nitrogen and oxygen atoms in total. The summed E-state index contributed by atoms with van der Waals surface area (Å²) in [6, 6.07) is 2.12. The summed E-state index contributed by atoms with van der Waals surface area (Å²) in [4.78, 5) is 11.1. The van der Waals surface area contributed by atoms with Gasteiger partial charge in [0.25, 0.3) is 0 Å². The highest BCUT2D eigenvalue weighted by atomic mass is 16.5. The second-order valence-electron chi connectivity index (χ2n) is 5.06. The number of hydrogen-bond acceptors (Lipinski definition) is 5. The van der Waals surface area contributed by atoms with Gasteiger partial charge in [0.2, 0.25) is 11.8 Å². The van der Waals surface area contributed by atoms with E-state index in [0.717, 1.165) is 6.54 Å². The summed E-state index contributed by atoms with van der Waals surface area (Å²) < 4.78 is 5.38. The van der Waals surface area contributed by atoms with Gasteiger partial charge in [-0.15, -0.1) is 0 Å². The molecule has 0 amide bonds. The quantitative estimate of drug-likeness (QED) is 0.853. The lowest BCUT2D eigenvalue weighted by Gasteiger charge is -2.29. The Kier molecular flexibility index (Phi) is 5.39. The minimum absolute atomic E-state index is 0.343. The lowest BCUT2D eigenvalue weighted by Crippen LogP contribution is -2.38. The molecule has 0 bridgehead atoms. The van der Waals surface area contributed by atoms with Crippen molar-refractivity contribution in [3.63, 3.8) is 0 Å². The van der Waals surface area contributed by atoms with Crippen molar-refractivity contribution in [2.75, 3.05) is 31.6 Å². The third-order valence-corrected chi connectivity index (χ3v) is 3.28. The molecule has 1 fully saturated rings. The van der Waals surface area contributed by atoms with Crippen LogP contribution in [-0.4, -0.2) is 47.2 Å². The van der Waals surface area contributed by atoms with Gasteiger partial charge in [0.1, 0.15) is 0 Å². The van der Waals surface area contributed by atoms with Crippen molar-refractivity contribution in [1.29, 1.82) is 0 Å². The number of anilines is 1. The Labute approximate surface area is 115 Å². The number of rotatable bonds is 6. The Morgan fingerprint density at radius 1 is 1.37 bits per heavy atom. The fraction of sp³-hybridized carbons (Fsp3) is 0.714. The van der Waals surface area contributed by atoms with Crippen LogP contribution in [0.4, 0.5) is 5.95 Å². The minimum atomic E-state index is 0.343. The molecule has 1 aromatic rings. The first kappa shape index (κ1) is 14.1. The normalized spacial score (nSPS) is 18.0. The molecular weight excluding hydrogens is 240 g/mol. The van der Waals surface area contributed by atoms with Crippen LogP contribution in [-0.2, 0) is 0 Å². The molecule has 1 atom stereocenters. The van der Waals surface area contributed by atoms with E-state index in [1.54, 1.807) is 12.3 Å². The van der Waals surface area contributed by atoms with Gasteiger partial charge in [-0.3, -0.25) is 0 Å². The van der Waals surface area contributed by atoms with Crippen LogP contribution in [0.3, 0.4) is 0 Å². The minimum Gasteiger partial charge on any atom is -0.478 e. The zero-order valence-corrected chi connectivity index (χ0v) is 11.9. The zero-order chi connectivity index (χ0) is 13.5. The summed E-state index contributed by atoms with van der Waals surface area (Å²) in [6.07, 6.45) is 5.75. The molecule has 1 unspecified atom stereocenters. The third-order valence-electron chi connectivity index (χ3n) is 3.28. The summed E-state index contributed by atoms with van der Waals surface area (Å²) in [6.45, 7) is 8.22. The molecule has 0 radical (unpaired) electrons. The predicted octanol–water partition coefficient (Wildman–Crippen LogP) is 2.16. The third kappa shape index (κ3) is 4.67. The summed E-state index contributed by atoms with van der Waals surface area (Å²) in [5.41, 5.74) is 0. The van der Waals surface area contributed by atoms with Crippen molar-refractivity contribution in [1.82, 2.24) is 14.9 Å². The summed E-state index contributed by atoms with van der Waals surface area (Å²) in [7, 11) is 0. The maximum Gasteiger partial charge on any atom is 0.226 e. The number of likely N-dealkylation sites (tertiary alicyclic amines) is 1. The molecule has 0 aliphatic carbocycles. The highest BCUT2D eigenvalue weighted by molar-refractivity contribution is 5.28. The van der Waals surface area contributed by atoms with Gasteiger partial charge in [-0.1, -0.05) is 6.42 Å². The predicted molar refractivity (Wildman–Crippen MR) is 76.6 cm³/mol. The fourth-order valence-electron chi connectivity index (χ4n) is 2.44. The Morgan fingerprint density at radius 3 is 2.89 bits per heavy atom.